The second-order valence-corrected chi connectivity index (χ2v) is 6.94. The van der Waals surface area contributed by atoms with Crippen LogP contribution in [0.1, 0.15) is 25.0 Å². The molecular weight excluding hydrogens is 328 g/mol. The second-order valence-electron chi connectivity index (χ2n) is 6.94. The molecule has 1 heterocycles. The van der Waals surface area contributed by atoms with Gasteiger partial charge < -0.3 is 19.3 Å². The van der Waals surface area contributed by atoms with Crippen molar-refractivity contribution in [2.75, 3.05) is 6.61 Å². The maximum Gasteiger partial charge on any atom is 0.113 e. The van der Waals surface area contributed by atoms with Crippen molar-refractivity contribution >= 4 is 0 Å². The number of hydrogen-bond acceptors (Lipinski definition) is 4. The van der Waals surface area contributed by atoms with Crippen molar-refractivity contribution in [1.82, 2.24) is 0 Å². The molecule has 4 heteroatoms. The summed E-state index contributed by atoms with van der Waals surface area (Å²) in [6.45, 7) is 5.05. The van der Waals surface area contributed by atoms with Crippen LogP contribution in [0, 0.1) is 5.92 Å². The van der Waals surface area contributed by atoms with Crippen LogP contribution >= 0.6 is 0 Å². The molecule has 3 rings (SSSR count). The van der Waals surface area contributed by atoms with Crippen LogP contribution in [0.25, 0.3) is 0 Å². The molecule has 2 aromatic rings. The fourth-order valence-corrected chi connectivity index (χ4v) is 3.38. The monoisotopic (exact) mass is 356 g/mol. The van der Waals surface area contributed by atoms with Gasteiger partial charge in [0.05, 0.1) is 32.0 Å². The number of aliphatic hydroxyl groups excluding tert-OH is 1. The molecule has 0 aliphatic carbocycles. The summed E-state index contributed by atoms with van der Waals surface area (Å²) in [6, 6.07) is 20.2. The van der Waals surface area contributed by atoms with Crippen molar-refractivity contribution in [2.24, 2.45) is 5.92 Å². The average Bonchev–Trinajstić information content (AvgIpc) is 2.69. The highest BCUT2D eigenvalue weighted by Gasteiger charge is 2.43. The van der Waals surface area contributed by atoms with E-state index >= 15 is 0 Å². The standard InChI is InChI=1S/C22H28O4/c1-16-17(2)26-20(13-23)22(25-15-19-11-7-4-8-12-19)21(16)24-14-18-9-5-3-6-10-18/h3-12,16-17,20-23H,13-15H2,1-2H3/t16?,17-,20?,21-,22-/m0/s1. The van der Waals surface area contributed by atoms with Gasteiger partial charge in [-0.2, -0.15) is 0 Å². The number of aliphatic hydroxyl groups is 1. The molecule has 1 fully saturated rings. The Morgan fingerprint density at radius 3 is 1.81 bits per heavy atom. The Morgan fingerprint density at radius 1 is 0.808 bits per heavy atom. The highest BCUT2D eigenvalue weighted by atomic mass is 16.6. The summed E-state index contributed by atoms with van der Waals surface area (Å²) in [7, 11) is 0. The molecule has 0 bridgehead atoms. The van der Waals surface area contributed by atoms with Gasteiger partial charge in [-0.25, -0.2) is 0 Å². The van der Waals surface area contributed by atoms with Gasteiger partial charge in [-0.1, -0.05) is 67.6 Å². The first-order chi connectivity index (χ1) is 12.7. The molecule has 140 valence electrons. The molecule has 0 saturated carbocycles. The maximum atomic E-state index is 9.81. The van der Waals surface area contributed by atoms with Gasteiger partial charge in [0.2, 0.25) is 0 Å². The third kappa shape index (κ3) is 4.71. The summed E-state index contributed by atoms with van der Waals surface area (Å²) in [5.41, 5.74) is 2.22. The van der Waals surface area contributed by atoms with Crippen LogP contribution in [-0.2, 0) is 27.4 Å². The van der Waals surface area contributed by atoms with Crippen LogP contribution in [-0.4, -0.2) is 36.1 Å². The average molecular weight is 356 g/mol. The number of rotatable bonds is 7. The van der Waals surface area contributed by atoms with E-state index in [-0.39, 0.29) is 36.9 Å². The van der Waals surface area contributed by atoms with Gasteiger partial charge in [0.1, 0.15) is 12.2 Å². The van der Waals surface area contributed by atoms with Crippen molar-refractivity contribution in [1.29, 1.82) is 0 Å². The van der Waals surface area contributed by atoms with Crippen LogP contribution in [0.4, 0.5) is 0 Å². The fraction of sp³-hybridized carbons (Fsp3) is 0.455. The van der Waals surface area contributed by atoms with Gasteiger partial charge in [-0.15, -0.1) is 0 Å². The van der Waals surface area contributed by atoms with E-state index in [1.54, 1.807) is 0 Å². The van der Waals surface area contributed by atoms with E-state index in [1.807, 2.05) is 55.5 Å². The Labute approximate surface area is 155 Å². The number of ether oxygens (including phenoxy) is 3. The van der Waals surface area contributed by atoms with Crippen LogP contribution < -0.4 is 0 Å². The van der Waals surface area contributed by atoms with Gasteiger partial charge in [-0.05, 0) is 18.1 Å². The van der Waals surface area contributed by atoms with Crippen molar-refractivity contribution in [3.63, 3.8) is 0 Å². The van der Waals surface area contributed by atoms with Gasteiger partial charge >= 0.3 is 0 Å². The number of hydrogen-bond donors (Lipinski definition) is 1. The molecular formula is C22H28O4. The first-order valence-electron chi connectivity index (χ1n) is 9.26. The van der Waals surface area contributed by atoms with Crippen molar-refractivity contribution in [2.45, 2.75) is 51.5 Å². The van der Waals surface area contributed by atoms with Crippen LogP contribution in [0.3, 0.4) is 0 Å². The Morgan fingerprint density at radius 2 is 1.31 bits per heavy atom. The highest BCUT2D eigenvalue weighted by molar-refractivity contribution is 5.14. The Balaban J connectivity index is 1.71. The van der Waals surface area contributed by atoms with Gasteiger partial charge in [-0.3, -0.25) is 0 Å². The van der Waals surface area contributed by atoms with Crippen LogP contribution in [0.15, 0.2) is 60.7 Å². The quantitative estimate of drug-likeness (QED) is 0.824. The third-order valence-electron chi connectivity index (χ3n) is 5.09. The summed E-state index contributed by atoms with van der Waals surface area (Å²) >= 11 is 0. The summed E-state index contributed by atoms with van der Waals surface area (Å²) in [5, 5.41) is 9.81. The van der Waals surface area contributed by atoms with Crippen molar-refractivity contribution in [3.8, 4) is 0 Å². The molecule has 26 heavy (non-hydrogen) atoms. The predicted octanol–water partition coefficient (Wildman–Crippen LogP) is 3.57. The summed E-state index contributed by atoms with van der Waals surface area (Å²) < 4.78 is 18.4. The lowest BCUT2D eigenvalue weighted by atomic mass is 9.88. The van der Waals surface area contributed by atoms with E-state index in [4.69, 9.17) is 14.2 Å². The van der Waals surface area contributed by atoms with Crippen molar-refractivity contribution < 1.29 is 19.3 Å². The molecule has 0 spiro atoms. The molecule has 1 saturated heterocycles. The molecule has 0 radical (unpaired) electrons. The van der Waals surface area contributed by atoms with Crippen molar-refractivity contribution in [3.05, 3.63) is 71.8 Å². The molecule has 4 nitrogen and oxygen atoms in total. The summed E-state index contributed by atoms with van der Waals surface area (Å²) in [4.78, 5) is 0. The van der Waals surface area contributed by atoms with Gasteiger partial charge in [0.25, 0.3) is 0 Å². The zero-order valence-electron chi connectivity index (χ0n) is 15.5. The van der Waals surface area contributed by atoms with E-state index in [1.165, 1.54) is 0 Å². The van der Waals surface area contributed by atoms with Gasteiger partial charge in [0.15, 0.2) is 0 Å². The van der Waals surface area contributed by atoms with E-state index in [2.05, 4.69) is 19.1 Å². The first kappa shape index (κ1) is 19.1. The Bertz CT molecular complexity index is 602. The molecule has 1 N–H and O–H groups in total. The lowest BCUT2D eigenvalue weighted by Gasteiger charge is -2.44. The zero-order valence-corrected chi connectivity index (χ0v) is 15.5. The fourth-order valence-electron chi connectivity index (χ4n) is 3.38. The molecule has 2 aromatic carbocycles. The van der Waals surface area contributed by atoms with Crippen LogP contribution in [0.2, 0.25) is 0 Å². The SMILES string of the molecule is CC1[C@H](C)OC(CO)[C@H](OCc2ccccc2)[C@H]1OCc1ccccc1. The molecule has 5 atom stereocenters. The highest BCUT2D eigenvalue weighted by Crippen LogP contribution is 2.31. The van der Waals surface area contributed by atoms with Gasteiger partial charge in [0, 0.05) is 5.92 Å². The Hall–Kier alpha value is -1.72. The number of benzene rings is 2. The van der Waals surface area contributed by atoms with Crippen LogP contribution in [0.5, 0.6) is 0 Å². The topological polar surface area (TPSA) is 47.9 Å². The molecule has 1 aliphatic heterocycles. The predicted molar refractivity (Wildman–Crippen MR) is 101 cm³/mol. The molecule has 0 aromatic heterocycles. The Kier molecular flexibility index (Phi) is 6.80. The van der Waals surface area contributed by atoms with E-state index in [0.717, 1.165) is 11.1 Å². The zero-order chi connectivity index (χ0) is 18.4. The van der Waals surface area contributed by atoms with E-state index in [0.29, 0.717) is 13.2 Å². The maximum absolute atomic E-state index is 9.81. The minimum absolute atomic E-state index is 0.00417. The lowest BCUT2D eigenvalue weighted by molar-refractivity contribution is -0.234. The van der Waals surface area contributed by atoms with E-state index < -0.39 is 0 Å². The third-order valence-corrected chi connectivity index (χ3v) is 5.09. The second kappa shape index (κ2) is 9.28. The smallest absolute Gasteiger partial charge is 0.113 e. The first-order valence-corrected chi connectivity index (χ1v) is 9.26. The molecule has 2 unspecified atom stereocenters. The normalized spacial score (nSPS) is 28.8. The largest absolute Gasteiger partial charge is 0.394 e. The minimum atomic E-state index is -0.384. The molecule has 1 aliphatic rings. The summed E-state index contributed by atoms with van der Waals surface area (Å²) in [5.74, 6) is 0.169. The molecule has 0 amide bonds. The lowest BCUT2D eigenvalue weighted by Crippen LogP contribution is -2.56. The minimum Gasteiger partial charge on any atom is -0.394 e. The van der Waals surface area contributed by atoms with E-state index in [9.17, 15) is 5.11 Å². The summed E-state index contributed by atoms with van der Waals surface area (Å²) in [6.07, 6.45) is -0.829.